The second-order valence-corrected chi connectivity index (χ2v) is 6.67. The van der Waals surface area contributed by atoms with E-state index < -0.39 is 0 Å². The topological polar surface area (TPSA) is 41.9 Å². The number of amides is 1. The number of carbonyl (C=O) groups excluding carboxylic acids is 1. The molecule has 0 fully saturated rings. The SMILES string of the molecule is Cc1ccc(OCC(=O)N(C2=NCCS2)c2ccccc2)cc1C. The van der Waals surface area contributed by atoms with Crippen molar-refractivity contribution in [1.82, 2.24) is 0 Å². The first kappa shape index (κ1) is 16.6. The normalized spacial score (nSPS) is 13.5. The van der Waals surface area contributed by atoms with Gasteiger partial charge in [0.2, 0.25) is 0 Å². The first-order valence-electron chi connectivity index (χ1n) is 7.90. The van der Waals surface area contributed by atoms with Crippen LogP contribution in [0.15, 0.2) is 53.5 Å². The standard InChI is InChI=1S/C19H20N2O2S/c1-14-8-9-17(12-15(14)2)23-13-18(22)21(19-20-10-11-24-19)16-6-4-3-5-7-16/h3-9,12H,10-11,13H2,1-2H3. The summed E-state index contributed by atoms with van der Waals surface area (Å²) in [6.45, 7) is 4.81. The van der Waals surface area contributed by atoms with E-state index in [9.17, 15) is 4.79 Å². The molecule has 0 bridgehead atoms. The monoisotopic (exact) mass is 340 g/mol. The molecule has 1 aliphatic rings. The highest BCUT2D eigenvalue weighted by atomic mass is 32.2. The highest BCUT2D eigenvalue weighted by molar-refractivity contribution is 8.14. The third-order valence-electron chi connectivity index (χ3n) is 3.87. The molecule has 1 heterocycles. The molecule has 1 aliphatic heterocycles. The lowest BCUT2D eigenvalue weighted by Gasteiger charge is -2.22. The Morgan fingerprint density at radius 1 is 1.17 bits per heavy atom. The van der Waals surface area contributed by atoms with Crippen LogP contribution < -0.4 is 9.64 Å². The van der Waals surface area contributed by atoms with Crippen LogP contribution in [0.3, 0.4) is 0 Å². The number of nitrogens with zero attached hydrogens (tertiary/aromatic N) is 2. The molecule has 0 N–H and O–H groups in total. The van der Waals surface area contributed by atoms with Crippen LogP contribution in [0.4, 0.5) is 5.69 Å². The van der Waals surface area contributed by atoms with E-state index in [1.165, 1.54) is 5.56 Å². The third kappa shape index (κ3) is 3.79. The van der Waals surface area contributed by atoms with E-state index in [1.807, 2.05) is 55.5 Å². The van der Waals surface area contributed by atoms with Crippen molar-refractivity contribution in [3.8, 4) is 5.75 Å². The number of para-hydroxylation sites is 1. The van der Waals surface area contributed by atoms with Crippen LogP contribution in [0.2, 0.25) is 0 Å². The molecule has 0 radical (unpaired) electrons. The molecule has 4 nitrogen and oxygen atoms in total. The Morgan fingerprint density at radius 3 is 2.62 bits per heavy atom. The van der Waals surface area contributed by atoms with Crippen molar-refractivity contribution in [2.45, 2.75) is 13.8 Å². The average molecular weight is 340 g/mol. The van der Waals surface area contributed by atoms with Crippen molar-refractivity contribution in [2.24, 2.45) is 4.99 Å². The predicted octanol–water partition coefficient (Wildman–Crippen LogP) is 3.82. The van der Waals surface area contributed by atoms with E-state index in [0.717, 1.165) is 28.7 Å². The fourth-order valence-corrected chi connectivity index (χ4v) is 3.29. The Labute approximate surface area is 146 Å². The van der Waals surface area contributed by atoms with E-state index in [-0.39, 0.29) is 12.5 Å². The third-order valence-corrected chi connectivity index (χ3v) is 4.82. The van der Waals surface area contributed by atoms with Crippen molar-refractivity contribution in [1.29, 1.82) is 0 Å². The second kappa shape index (κ2) is 7.53. The van der Waals surface area contributed by atoms with E-state index in [4.69, 9.17) is 4.74 Å². The number of carbonyl (C=O) groups is 1. The summed E-state index contributed by atoms with van der Waals surface area (Å²) >= 11 is 1.60. The van der Waals surface area contributed by atoms with Crippen molar-refractivity contribution < 1.29 is 9.53 Å². The highest BCUT2D eigenvalue weighted by Crippen LogP contribution is 2.23. The van der Waals surface area contributed by atoms with Crippen LogP contribution >= 0.6 is 11.8 Å². The molecule has 0 aliphatic carbocycles. The Balaban J connectivity index is 1.75. The number of hydrogen-bond acceptors (Lipinski definition) is 4. The zero-order valence-corrected chi connectivity index (χ0v) is 14.7. The molecular weight excluding hydrogens is 320 g/mol. The number of rotatable bonds is 4. The van der Waals surface area contributed by atoms with Crippen molar-refractivity contribution in [2.75, 3.05) is 23.8 Å². The summed E-state index contributed by atoms with van der Waals surface area (Å²) < 4.78 is 5.71. The molecule has 0 spiro atoms. The first-order chi connectivity index (χ1) is 11.6. The maximum atomic E-state index is 12.8. The molecule has 0 aromatic heterocycles. The first-order valence-corrected chi connectivity index (χ1v) is 8.89. The van der Waals surface area contributed by atoms with Gasteiger partial charge >= 0.3 is 0 Å². The van der Waals surface area contributed by atoms with Gasteiger partial charge in [0.25, 0.3) is 5.91 Å². The molecule has 5 heteroatoms. The Bertz CT molecular complexity index is 759. The molecule has 0 atom stereocenters. The fourth-order valence-electron chi connectivity index (χ4n) is 2.41. The van der Waals surface area contributed by atoms with Crippen LogP contribution in [-0.2, 0) is 4.79 Å². The summed E-state index contributed by atoms with van der Waals surface area (Å²) in [6.07, 6.45) is 0. The molecule has 0 unspecified atom stereocenters. The second-order valence-electron chi connectivity index (χ2n) is 5.61. The van der Waals surface area contributed by atoms with Gasteiger partial charge in [0.05, 0.1) is 12.2 Å². The van der Waals surface area contributed by atoms with Gasteiger partial charge < -0.3 is 4.74 Å². The number of anilines is 1. The number of benzene rings is 2. The average Bonchev–Trinajstić information content (AvgIpc) is 3.11. The van der Waals surface area contributed by atoms with Gasteiger partial charge in [0, 0.05) is 5.75 Å². The summed E-state index contributed by atoms with van der Waals surface area (Å²) in [6, 6.07) is 15.4. The molecule has 124 valence electrons. The molecular formula is C19H20N2O2S. The minimum Gasteiger partial charge on any atom is -0.484 e. The molecule has 2 aromatic carbocycles. The Hall–Kier alpha value is -2.27. The van der Waals surface area contributed by atoms with Gasteiger partial charge in [-0.05, 0) is 49.2 Å². The van der Waals surface area contributed by atoms with Crippen LogP contribution in [0.5, 0.6) is 5.75 Å². The number of aryl methyl sites for hydroxylation is 2. The molecule has 2 aromatic rings. The number of aliphatic imine (C=N–C) groups is 1. The van der Waals surface area contributed by atoms with E-state index >= 15 is 0 Å². The summed E-state index contributed by atoms with van der Waals surface area (Å²) in [5, 5.41) is 0.745. The lowest BCUT2D eigenvalue weighted by molar-refractivity contribution is -0.119. The van der Waals surface area contributed by atoms with Gasteiger partial charge in [-0.3, -0.25) is 14.7 Å². The molecule has 0 saturated carbocycles. The van der Waals surface area contributed by atoms with Gasteiger partial charge in [-0.2, -0.15) is 0 Å². The minimum atomic E-state index is -0.118. The molecule has 0 saturated heterocycles. The summed E-state index contributed by atoms with van der Waals surface area (Å²) in [7, 11) is 0. The number of ether oxygens (including phenoxy) is 1. The van der Waals surface area contributed by atoms with E-state index in [2.05, 4.69) is 11.9 Å². The fraction of sp³-hybridized carbons (Fsp3) is 0.263. The smallest absolute Gasteiger partial charge is 0.271 e. The van der Waals surface area contributed by atoms with Gasteiger partial charge in [-0.15, -0.1) is 0 Å². The van der Waals surface area contributed by atoms with Crippen LogP contribution in [0.1, 0.15) is 11.1 Å². The largest absolute Gasteiger partial charge is 0.484 e. The van der Waals surface area contributed by atoms with Gasteiger partial charge in [0.15, 0.2) is 11.8 Å². The van der Waals surface area contributed by atoms with Gasteiger partial charge in [-0.25, -0.2) is 0 Å². The Kier molecular flexibility index (Phi) is 5.20. The molecule has 24 heavy (non-hydrogen) atoms. The van der Waals surface area contributed by atoms with Crippen molar-refractivity contribution in [3.05, 3.63) is 59.7 Å². The Morgan fingerprint density at radius 2 is 1.96 bits per heavy atom. The molecule has 1 amide bonds. The maximum absolute atomic E-state index is 12.8. The number of thioether (sulfide) groups is 1. The quantitative estimate of drug-likeness (QED) is 0.850. The highest BCUT2D eigenvalue weighted by Gasteiger charge is 2.24. The van der Waals surface area contributed by atoms with Gasteiger partial charge in [-0.1, -0.05) is 36.0 Å². The zero-order valence-electron chi connectivity index (χ0n) is 13.9. The van der Waals surface area contributed by atoms with Crippen molar-refractivity contribution in [3.63, 3.8) is 0 Å². The maximum Gasteiger partial charge on any atom is 0.271 e. The van der Waals surface area contributed by atoms with E-state index in [0.29, 0.717) is 5.75 Å². The van der Waals surface area contributed by atoms with Crippen molar-refractivity contribution >= 4 is 28.5 Å². The van der Waals surface area contributed by atoms with Crippen LogP contribution in [-0.4, -0.2) is 30.0 Å². The minimum absolute atomic E-state index is 0.0169. The summed E-state index contributed by atoms with van der Waals surface area (Å²) in [5.74, 6) is 1.50. The van der Waals surface area contributed by atoms with Crippen LogP contribution in [0, 0.1) is 13.8 Å². The predicted molar refractivity (Wildman–Crippen MR) is 100 cm³/mol. The molecule has 3 rings (SSSR count). The zero-order chi connectivity index (χ0) is 16.9. The van der Waals surface area contributed by atoms with Crippen LogP contribution in [0.25, 0.3) is 0 Å². The summed E-state index contributed by atoms with van der Waals surface area (Å²) in [4.78, 5) is 18.9. The lowest BCUT2D eigenvalue weighted by Crippen LogP contribution is -2.38. The van der Waals surface area contributed by atoms with Gasteiger partial charge in [0.1, 0.15) is 5.75 Å². The lowest BCUT2D eigenvalue weighted by atomic mass is 10.1. The number of amidine groups is 1. The summed E-state index contributed by atoms with van der Waals surface area (Å²) in [5.41, 5.74) is 3.17. The van der Waals surface area contributed by atoms with E-state index in [1.54, 1.807) is 16.7 Å². The number of hydrogen-bond donors (Lipinski definition) is 0.